The number of halogens is 3. The van der Waals surface area contributed by atoms with Gasteiger partial charge in [0.25, 0.3) is 0 Å². The lowest BCUT2D eigenvalue weighted by atomic mass is 9.89. The SMILES string of the molecule is C[C@@H](CO)NC(=O)N(CC1CN(C(=O)O)CC1F)[C@@H](c1nc(-c2cc(F)ccc2F)cn1Cc1ccccc1)C1CCOCC1. The van der Waals surface area contributed by atoms with Gasteiger partial charge in [0.2, 0.25) is 0 Å². The average Bonchev–Trinajstić information content (AvgIpc) is 3.62. The number of carbonyl (C=O) groups excluding carboxylic acids is 1. The molecule has 0 spiro atoms. The summed E-state index contributed by atoms with van der Waals surface area (Å²) in [7, 11) is 0. The Balaban J connectivity index is 1.64. The van der Waals surface area contributed by atoms with Crippen molar-refractivity contribution in [2.75, 3.05) is 39.5 Å². The maximum absolute atomic E-state index is 15.3. The third-order valence-corrected chi connectivity index (χ3v) is 8.49. The number of nitrogens with zero attached hydrogens (tertiary/aromatic N) is 4. The van der Waals surface area contributed by atoms with Crippen LogP contribution in [0.15, 0.2) is 54.7 Å². The summed E-state index contributed by atoms with van der Waals surface area (Å²) in [5.41, 5.74) is 1.02. The van der Waals surface area contributed by atoms with E-state index in [9.17, 15) is 24.2 Å². The molecule has 2 aliphatic heterocycles. The van der Waals surface area contributed by atoms with Crippen molar-refractivity contribution in [1.29, 1.82) is 0 Å². The lowest BCUT2D eigenvalue weighted by Gasteiger charge is -2.40. The minimum absolute atomic E-state index is 0.0459. The number of urea groups is 1. The number of aliphatic hydroxyl groups is 1. The molecule has 0 aliphatic carbocycles. The molecule has 4 atom stereocenters. The predicted octanol–water partition coefficient (Wildman–Crippen LogP) is 4.68. The Kier molecular flexibility index (Phi) is 10.3. The number of aliphatic hydroxyl groups excluding tert-OH is 1. The number of rotatable bonds is 10. The van der Waals surface area contributed by atoms with E-state index < -0.39 is 47.9 Å². The summed E-state index contributed by atoms with van der Waals surface area (Å²) in [6, 6.07) is 10.6. The maximum Gasteiger partial charge on any atom is 0.407 e. The van der Waals surface area contributed by atoms with Crippen molar-refractivity contribution >= 4 is 12.1 Å². The molecule has 2 aliphatic rings. The van der Waals surface area contributed by atoms with E-state index in [0.717, 1.165) is 28.7 Å². The van der Waals surface area contributed by atoms with E-state index in [1.54, 1.807) is 17.7 Å². The van der Waals surface area contributed by atoms with Gasteiger partial charge in [-0.2, -0.15) is 0 Å². The van der Waals surface area contributed by atoms with Crippen LogP contribution in [-0.2, 0) is 11.3 Å². The lowest BCUT2D eigenvalue weighted by molar-refractivity contribution is 0.0251. The quantitative estimate of drug-likeness (QED) is 0.300. The van der Waals surface area contributed by atoms with Crippen molar-refractivity contribution < 1.29 is 37.7 Å². The molecule has 3 aromatic rings. The zero-order valence-corrected chi connectivity index (χ0v) is 25.0. The largest absolute Gasteiger partial charge is 0.465 e. The summed E-state index contributed by atoms with van der Waals surface area (Å²) in [6.07, 6.45) is -0.0547. The first kappa shape index (κ1) is 32.3. The molecule has 45 heavy (non-hydrogen) atoms. The third kappa shape index (κ3) is 7.59. The molecule has 2 unspecified atom stereocenters. The van der Waals surface area contributed by atoms with Crippen molar-refractivity contribution in [2.24, 2.45) is 11.8 Å². The van der Waals surface area contributed by atoms with Gasteiger partial charge in [-0.15, -0.1) is 0 Å². The Morgan fingerprint density at radius 1 is 1.13 bits per heavy atom. The van der Waals surface area contributed by atoms with Gasteiger partial charge in [0.05, 0.1) is 30.9 Å². The number of hydrogen-bond donors (Lipinski definition) is 3. The van der Waals surface area contributed by atoms with Crippen LogP contribution >= 0.6 is 0 Å². The third-order valence-electron chi connectivity index (χ3n) is 8.49. The number of likely N-dealkylation sites (tertiary alicyclic amines) is 1. The number of amides is 3. The number of benzene rings is 2. The van der Waals surface area contributed by atoms with E-state index >= 15 is 8.78 Å². The molecule has 242 valence electrons. The van der Waals surface area contributed by atoms with Gasteiger partial charge < -0.3 is 34.6 Å². The summed E-state index contributed by atoms with van der Waals surface area (Å²) in [5.74, 6) is -1.95. The zero-order valence-electron chi connectivity index (χ0n) is 25.0. The fraction of sp³-hybridized carbons (Fsp3) is 0.469. The molecule has 3 heterocycles. The van der Waals surface area contributed by atoms with Crippen LogP contribution in [0.1, 0.15) is 37.2 Å². The van der Waals surface area contributed by atoms with E-state index in [4.69, 9.17) is 9.72 Å². The fourth-order valence-corrected chi connectivity index (χ4v) is 6.11. The van der Waals surface area contributed by atoms with Crippen LogP contribution in [-0.4, -0.2) is 93.4 Å². The number of nitrogens with one attached hydrogen (secondary N) is 1. The first-order chi connectivity index (χ1) is 21.6. The minimum atomic E-state index is -1.51. The Morgan fingerprint density at radius 3 is 2.53 bits per heavy atom. The van der Waals surface area contributed by atoms with Crippen molar-refractivity contribution in [3.63, 3.8) is 0 Å². The molecule has 0 bridgehead atoms. The van der Waals surface area contributed by atoms with Gasteiger partial charge in [-0.05, 0) is 49.4 Å². The Hall–Kier alpha value is -4.10. The smallest absolute Gasteiger partial charge is 0.407 e. The lowest BCUT2D eigenvalue weighted by Crippen LogP contribution is -2.51. The summed E-state index contributed by atoms with van der Waals surface area (Å²) in [5, 5.41) is 22.0. The highest BCUT2D eigenvalue weighted by Gasteiger charge is 2.42. The molecule has 0 radical (unpaired) electrons. The Bertz CT molecular complexity index is 1470. The molecule has 10 nitrogen and oxygen atoms in total. The molecule has 3 N–H and O–H groups in total. The number of hydrogen-bond acceptors (Lipinski definition) is 5. The molecule has 2 fully saturated rings. The number of ether oxygens (including phenoxy) is 1. The highest BCUT2D eigenvalue weighted by atomic mass is 19.1. The van der Waals surface area contributed by atoms with Crippen LogP contribution in [0.3, 0.4) is 0 Å². The van der Waals surface area contributed by atoms with Crippen molar-refractivity contribution in [3.8, 4) is 11.3 Å². The zero-order chi connectivity index (χ0) is 32.1. The van der Waals surface area contributed by atoms with Gasteiger partial charge in [0.1, 0.15) is 23.6 Å². The molecule has 0 saturated carbocycles. The van der Waals surface area contributed by atoms with E-state index in [1.165, 1.54) is 4.90 Å². The second-order valence-corrected chi connectivity index (χ2v) is 11.8. The minimum Gasteiger partial charge on any atom is -0.465 e. The van der Waals surface area contributed by atoms with E-state index in [1.807, 2.05) is 30.3 Å². The molecule has 1 aromatic heterocycles. The van der Waals surface area contributed by atoms with Gasteiger partial charge in [-0.25, -0.2) is 27.7 Å². The van der Waals surface area contributed by atoms with E-state index in [2.05, 4.69) is 5.32 Å². The topological polar surface area (TPSA) is 120 Å². The average molecular weight is 630 g/mol. The van der Waals surface area contributed by atoms with Crippen molar-refractivity contribution in [3.05, 3.63) is 77.8 Å². The molecule has 2 aromatic carbocycles. The second-order valence-electron chi connectivity index (χ2n) is 11.8. The first-order valence-electron chi connectivity index (χ1n) is 15.1. The number of aromatic nitrogens is 2. The first-order valence-corrected chi connectivity index (χ1v) is 15.1. The van der Waals surface area contributed by atoms with Crippen LogP contribution < -0.4 is 5.32 Å². The van der Waals surface area contributed by atoms with Gasteiger partial charge in [-0.1, -0.05) is 30.3 Å². The normalized spacial score (nSPS) is 20.2. The van der Waals surface area contributed by atoms with Crippen LogP contribution in [0.5, 0.6) is 0 Å². The standard InChI is InChI=1S/C32H38F3N5O5/c1-20(19-41)36-31(42)40(16-23-15-39(32(43)44)17-27(23)35)29(22-9-11-45-12-10-22)30-37-28(25-13-24(33)7-8-26(25)34)18-38(30)14-21-5-3-2-4-6-21/h2-8,13,18,20,22-23,27,29,41H,9-12,14-17,19H2,1H3,(H,36,42)(H,43,44)/t20-,23?,27?,29+/m0/s1. The van der Waals surface area contributed by atoms with Crippen LogP contribution in [0.2, 0.25) is 0 Å². The van der Waals surface area contributed by atoms with E-state index in [-0.39, 0.29) is 43.4 Å². The Labute approximate surface area is 259 Å². The van der Waals surface area contributed by atoms with Crippen LogP contribution in [0.4, 0.5) is 22.8 Å². The predicted molar refractivity (Wildman–Crippen MR) is 159 cm³/mol. The summed E-state index contributed by atoms with van der Waals surface area (Å²) in [4.78, 5) is 33.0. The number of carbonyl (C=O) groups is 2. The Morgan fingerprint density at radius 2 is 1.87 bits per heavy atom. The van der Waals surface area contributed by atoms with Crippen molar-refractivity contribution in [1.82, 2.24) is 24.7 Å². The summed E-state index contributed by atoms with van der Waals surface area (Å²) >= 11 is 0. The molecule has 2 saturated heterocycles. The number of imidazole rings is 1. The number of carboxylic acid groups (broad SMARTS) is 1. The second kappa shape index (κ2) is 14.3. The van der Waals surface area contributed by atoms with E-state index in [0.29, 0.717) is 38.4 Å². The van der Waals surface area contributed by atoms with Gasteiger partial charge >= 0.3 is 12.1 Å². The molecular weight excluding hydrogens is 591 g/mol. The monoisotopic (exact) mass is 629 g/mol. The summed E-state index contributed by atoms with van der Waals surface area (Å²) in [6.45, 7) is 1.86. The highest BCUT2D eigenvalue weighted by Crippen LogP contribution is 2.38. The highest BCUT2D eigenvalue weighted by molar-refractivity contribution is 5.75. The van der Waals surface area contributed by atoms with Gasteiger partial charge in [-0.3, -0.25) is 0 Å². The van der Waals surface area contributed by atoms with Gasteiger partial charge in [0.15, 0.2) is 0 Å². The van der Waals surface area contributed by atoms with Gasteiger partial charge in [0, 0.05) is 50.5 Å². The molecule has 13 heteroatoms. The summed E-state index contributed by atoms with van der Waals surface area (Å²) < 4.78 is 52.1. The molecular formula is C32H38F3N5O5. The van der Waals surface area contributed by atoms with Crippen LogP contribution in [0, 0.1) is 23.5 Å². The van der Waals surface area contributed by atoms with Crippen LogP contribution in [0.25, 0.3) is 11.3 Å². The maximum atomic E-state index is 15.3. The molecule has 5 rings (SSSR count). The number of alkyl halides is 1. The van der Waals surface area contributed by atoms with Crippen molar-refractivity contribution in [2.45, 2.75) is 44.6 Å². The fourth-order valence-electron chi connectivity index (χ4n) is 6.11. The molecule has 3 amide bonds.